The third kappa shape index (κ3) is 3.74. The molecule has 1 aromatic heterocycles. The predicted octanol–water partition coefficient (Wildman–Crippen LogP) is 4.40. The molecule has 0 radical (unpaired) electrons. The van der Waals surface area contributed by atoms with Crippen LogP contribution in [-0.4, -0.2) is 34.1 Å². The van der Waals surface area contributed by atoms with E-state index in [1.54, 1.807) is 6.20 Å². The largest absolute Gasteiger partial charge is 0.481 e. The van der Waals surface area contributed by atoms with Crippen molar-refractivity contribution in [3.63, 3.8) is 0 Å². The van der Waals surface area contributed by atoms with Gasteiger partial charge in [0, 0.05) is 13.1 Å². The molecule has 1 atom stereocenters. The smallest absolute Gasteiger partial charge is 0.311 e. The fourth-order valence-electron chi connectivity index (χ4n) is 3.84. The van der Waals surface area contributed by atoms with E-state index in [0.29, 0.717) is 19.4 Å². The Balaban J connectivity index is 1.56. The molecule has 0 saturated carbocycles. The topological polar surface area (TPSA) is 66.3 Å². The van der Waals surface area contributed by atoms with E-state index in [9.17, 15) is 9.90 Å². The second-order valence-corrected chi connectivity index (χ2v) is 7.34. The minimum absolute atomic E-state index is 0.439. The number of nitrogens with zero attached hydrogens (tertiary/aromatic N) is 3. The van der Waals surface area contributed by atoms with Crippen molar-refractivity contribution in [1.29, 1.82) is 0 Å². The summed E-state index contributed by atoms with van der Waals surface area (Å²) in [5, 5.41) is 10.0. The first-order chi connectivity index (χ1) is 13.7. The summed E-state index contributed by atoms with van der Waals surface area (Å²) in [4.78, 5) is 23.5. The molecular weight excluding hydrogens is 350 g/mol. The Morgan fingerprint density at radius 1 is 1.11 bits per heavy atom. The molecule has 4 rings (SSSR count). The Kier molecular flexibility index (Phi) is 5.06. The van der Waals surface area contributed by atoms with E-state index in [4.69, 9.17) is 4.98 Å². The first-order valence-corrected chi connectivity index (χ1v) is 9.58. The number of para-hydroxylation sites is 2. The Labute approximate surface area is 164 Å². The maximum Gasteiger partial charge on any atom is 0.311 e. The first-order valence-electron chi connectivity index (χ1n) is 9.58. The van der Waals surface area contributed by atoms with Gasteiger partial charge in [0.1, 0.15) is 5.82 Å². The standard InChI is InChI=1S/C23H23N3O2/c27-22(28)23(13-6-10-18-8-2-1-3-9-18)14-7-15-26(17-23)21-16-24-19-11-4-5-12-20(19)25-21/h1-6,8-12,16H,7,13-15,17H2,(H,27,28)/b10-6+/t23-/m1/s1. The molecule has 1 aliphatic rings. The molecule has 1 saturated heterocycles. The molecule has 1 N–H and O–H groups in total. The summed E-state index contributed by atoms with van der Waals surface area (Å²) in [6.07, 6.45) is 7.71. The average Bonchev–Trinajstić information content (AvgIpc) is 2.74. The summed E-state index contributed by atoms with van der Waals surface area (Å²) in [7, 11) is 0. The normalized spacial score (nSPS) is 19.9. The molecule has 5 nitrogen and oxygen atoms in total. The number of benzene rings is 2. The lowest BCUT2D eigenvalue weighted by Crippen LogP contribution is -2.48. The van der Waals surface area contributed by atoms with Crippen LogP contribution in [0.5, 0.6) is 0 Å². The van der Waals surface area contributed by atoms with E-state index in [1.165, 1.54) is 0 Å². The molecule has 0 amide bonds. The van der Waals surface area contributed by atoms with E-state index >= 15 is 0 Å². The first kappa shape index (κ1) is 18.2. The quantitative estimate of drug-likeness (QED) is 0.718. The second-order valence-electron chi connectivity index (χ2n) is 7.34. The Bertz CT molecular complexity index is 1000. The predicted molar refractivity (Wildman–Crippen MR) is 111 cm³/mol. The van der Waals surface area contributed by atoms with Crippen LogP contribution in [0.25, 0.3) is 17.1 Å². The second kappa shape index (κ2) is 7.80. The van der Waals surface area contributed by atoms with E-state index in [-0.39, 0.29) is 0 Å². The number of hydrogen-bond donors (Lipinski definition) is 1. The van der Waals surface area contributed by atoms with Crippen molar-refractivity contribution in [3.05, 3.63) is 72.4 Å². The highest BCUT2D eigenvalue weighted by Gasteiger charge is 2.42. The van der Waals surface area contributed by atoms with Crippen LogP contribution in [0.4, 0.5) is 5.82 Å². The van der Waals surface area contributed by atoms with Crippen molar-refractivity contribution in [3.8, 4) is 0 Å². The van der Waals surface area contributed by atoms with Crippen molar-refractivity contribution >= 4 is 28.9 Å². The van der Waals surface area contributed by atoms with Gasteiger partial charge in [-0.1, -0.05) is 54.6 Å². The number of carboxylic acids is 1. The van der Waals surface area contributed by atoms with Crippen LogP contribution in [0.2, 0.25) is 0 Å². The highest BCUT2D eigenvalue weighted by Crippen LogP contribution is 2.36. The summed E-state index contributed by atoms with van der Waals surface area (Å²) in [6.45, 7) is 1.24. The number of allylic oxidation sites excluding steroid dienone is 1. The lowest BCUT2D eigenvalue weighted by Gasteiger charge is -2.40. The molecule has 0 unspecified atom stereocenters. The number of aliphatic carboxylic acids is 1. The summed E-state index contributed by atoms with van der Waals surface area (Å²) in [6, 6.07) is 17.7. The highest BCUT2D eigenvalue weighted by molar-refractivity contribution is 5.78. The van der Waals surface area contributed by atoms with Gasteiger partial charge in [-0.3, -0.25) is 9.78 Å². The summed E-state index contributed by atoms with van der Waals surface area (Å²) < 4.78 is 0. The zero-order chi connectivity index (χ0) is 19.4. The van der Waals surface area contributed by atoms with Gasteiger partial charge in [-0.15, -0.1) is 0 Å². The van der Waals surface area contributed by atoms with Crippen molar-refractivity contribution < 1.29 is 9.90 Å². The zero-order valence-electron chi connectivity index (χ0n) is 15.7. The number of carbonyl (C=O) groups is 1. The van der Waals surface area contributed by atoms with Gasteiger partial charge < -0.3 is 10.0 Å². The molecule has 0 bridgehead atoms. The van der Waals surface area contributed by atoms with Gasteiger partial charge >= 0.3 is 5.97 Å². The molecule has 3 aromatic rings. The monoisotopic (exact) mass is 373 g/mol. The van der Waals surface area contributed by atoms with Gasteiger partial charge in [-0.25, -0.2) is 4.98 Å². The van der Waals surface area contributed by atoms with Crippen LogP contribution < -0.4 is 4.90 Å². The van der Waals surface area contributed by atoms with Gasteiger partial charge in [-0.05, 0) is 37.0 Å². The number of anilines is 1. The summed E-state index contributed by atoms with van der Waals surface area (Å²) in [5.74, 6) is -0.000256. The molecule has 0 spiro atoms. The van der Waals surface area contributed by atoms with E-state index in [2.05, 4.69) is 9.88 Å². The van der Waals surface area contributed by atoms with Crippen molar-refractivity contribution in [2.75, 3.05) is 18.0 Å². The fraction of sp³-hybridized carbons (Fsp3) is 0.261. The Hall–Kier alpha value is -3.21. The van der Waals surface area contributed by atoms with Gasteiger partial charge in [0.15, 0.2) is 0 Å². The third-order valence-corrected chi connectivity index (χ3v) is 5.41. The molecule has 1 aliphatic heterocycles. The Morgan fingerprint density at radius 2 is 1.86 bits per heavy atom. The van der Waals surface area contributed by atoms with Crippen molar-refractivity contribution in [1.82, 2.24) is 9.97 Å². The number of carboxylic acid groups (broad SMARTS) is 1. The maximum absolute atomic E-state index is 12.2. The van der Waals surface area contributed by atoms with Crippen LogP contribution in [0, 0.1) is 5.41 Å². The van der Waals surface area contributed by atoms with Gasteiger partial charge in [0.25, 0.3) is 0 Å². The molecule has 28 heavy (non-hydrogen) atoms. The zero-order valence-corrected chi connectivity index (χ0v) is 15.7. The maximum atomic E-state index is 12.2. The van der Waals surface area contributed by atoms with Crippen LogP contribution in [-0.2, 0) is 4.79 Å². The fourth-order valence-corrected chi connectivity index (χ4v) is 3.84. The number of hydrogen-bond acceptors (Lipinski definition) is 4. The summed E-state index contributed by atoms with van der Waals surface area (Å²) in [5.41, 5.74) is 1.95. The van der Waals surface area contributed by atoms with Crippen molar-refractivity contribution in [2.24, 2.45) is 5.41 Å². The van der Waals surface area contributed by atoms with Crippen LogP contribution in [0.15, 0.2) is 66.9 Å². The third-order valence-electron chi connectivity index (χ3n) is 5.41. The minimum Gasteiger partial charge on any atom is -0.481 e. The van der Waals surface area contributed by atoms with Crippen LogP contribution >= 0.6 is 0 Å². The van der Waals surface area contributed by atoms with Gasteiger partial charge in [0.05, 0.1) is 22.6 Å². The molecule has 2 aromatic carbocycles. The van der Waals surface area contributed by atoms with E-state index in [1.807, 2.05) is 66.7 Å². The van der Waals surface area contributed by atoms with Crippen LogP contribution in [0.1, 0.15) is 24.8 Å². The highest BCUT2D eigenvalue weighted by atomic mass is 16.4. The summed E-state index contributed by atoms with van der Waals surface area (Å²) >= 11 is 0. The SMILES string of the molecule is O=C(O)[C@]1(C/C=C/c2ccccc2)CCCN(c2cnc3ccccc3n2)C1. The molecule has 1 fully saturated rings. The lowest BCUT2D eigenvalue weighted by atomic mass is 9.77. The van der Waals surface area contributed by atoms with E-state index < -0.39 is 11.4 Å². The minimum atomic E-state index is -0.809. The molecule has 5 heteroatoms. The number of fused-ring (bicyclic) bond motifs is 1. The number of aromatic nitrogens is 2. The Morgan fingerprint density at radius 3 is 2.64 bits per heavy atom. The van der Waals surface area contributed by atoms with Crippen LogP contribution in [0.3, 0.4) is 0 Å². The van der Waals surface area contributed by atoms with Crippen molar-refractivity contribution in [2.45, 2.75) is 19.3 Å². The van der Waals surface area contributed by atoms with Gasteiger partial charge in [0.2, 0.25) is 0 Å². The molecule has 142 valence electrons. The molecular formula is C23H23N3O2. The average molecular weight is 373 g/mol. The molecule has 2 heterocycles. The van der Waals surface area contributed by atoms with Gasteiger partial charge in [-0.2, -0.15) is 0 Å². The number of piperidine rings is 1. The number of rotatable bonds is 5. The van der Waals surface area contributed by atoms with E-state index in [0.717, 1.165) is 35.4 Å². The molecule has 0 aliphatic carbocycles. The lowest BCUT2D eigenvalue weighted by molar-refractivity contribution is -0.149.